The Bertz CT molecular complexity index is 911. The predicted octanol–water partition coefficient (Wildman–Crippen LogP) is 6.41. The first-order valence-corrected chi connectivity index (χ1v) is 11.2. The molecule has 0 amide bonds. The topological polar surface area (TPSA) is 58.8 Å². The van der Waals surface area contributed by atoms with E-state index in [0.29, 0.717) is 5.69 Å². The molecule has 150 valence electrons. The molecule has 0 N–H and O–H groups in total. The van der Waals surface area contributed by atoms with Gasteiger partial charge in [-0.1, -0.05) is 51.2 Å². The lowest BCUT2D eigenvalue weighted by atomic mass is 10.1. The molecule has 0 bridgehead atoms. The normalized spacial score (nSPS) is 10.6. The molecule has 0 spiro atoms. The number of ether oxygens (including phenoxy) is 1. The second-order valence-corrected chi connectivity index (χ2v) is 8.05. The molecule has 0 aliphatic heterocycles. The molecule has 0 atom stereocenters. The summed E-state index contributed by atoms with van der Waals surface area (Å²) in [6, 6.07) is 14.0. The van der Waals surface area contributed by atoms with Crippen molar-refractivity contribution in [3.8, 4) is 23.1 Å². The molecular formula is C24H27N3OS. The van der Waals surface area contributed by atoms with Gasteiger partial charge in [-0.25, -0.2) is 9.97 Å². The van der Waals surface area contributed by atoms with Crippen molar-refractivity contribution in [3.05, 3.63) is 64.2 Å². The van der Waals surface area contributed by atoms with E-state index in [1.165, 1.54) is 37.7 Å². The lowest BCUT2D eigenvalue weighted by molar-refractivity contribution is 0.304. The van der Waals surface area contributed by atoms with Gasteiger partial charge in [-0.3, -0.25) is 0 Å². The number of rotatable bonds is 11. The number of benzene rings is 1. The summed E-state index contributed by atoms with van der Waals surface area (Å²) in [7, 11) is 0. The van der Waals surface area contributed by atoms with Crippen molar-refractivity contribution in [3.63, 3.8) is 0 Å². The zero-order chi connectivity index (χ0) is 20.3. The minimum atomic E-state index is 0.419. The molecule has 0 aliphatic rings. The van der Waals surface area contributed by atoms with Gasteiger partial charge in [0.25, 0.3) is 0 Å². The maximum atomic E-state index is 8.85. The van der Waals surface area contributed by atoms with E-state index in [2.05, 4.69) is 24.0 Å². The fourth-order valence-corrected chi connectivity index (χ4v) is 3.92. The lowest BCUT2D eigenvalue weighted by Gasteiger charge is -2.07. The molecular weight excluding hydrogens is 378 g/mol. The minimum absolute atomic E-state index is 0.419. The van der Waals surface area contributed by atoms with Crippen LogP contribution in [0.1, 0.15) is 61.7 Å². The van der Waals surface area contributed by atoms with Crippen molar-refractivity contribution in [2.24, 2.45) is 0 Å². The number of aromatic nitrogens is 2. The van der Waals surface area contributed by atoms with Crippen molar-refractivity contribution in [1.29, 1.82) is 5.26 Å². The van der Waals surface area contributed by atoms with Crippen LogP contribution in [0, 0.1) is 11.3 Å². The Hall–Kier alpha value is -2.71. The van der Waals surface area contributed by atoms with Gasteiger partial charge in [0, 0.05) is 23.6 Å². The predicted molar refractivity (Wildman–Crippen MR) is 118 cm³/mol. The Morgan fingerprint density at radius 1 is 1.00 bits per heavy atom. The van der Waals surface area contributed by atoms with E-state index in [0.717, 1.165) is 41.5 Å². The standard InChI is InChI=1S/C24H27N3OS/c1-2-3-4-5-6-7-14-28-22-12-8-19(9-13-22)15-24-27-23(18-29-24)20-10-11-21(16-25)26-17-20/h8-13,17-18H,2-7,14-15H2,1H3. The molecule has 4 nitrogen and oxygen atoms in total. The summed E-state index contributed by atoms with van der Waals surface area (Å²) in [5.41, 5.74) is 3.48. The molecule has 1 aromatic carbocycles. The van der Waals surface area contributed by atoms with E-state index in [-0.39, 0.29) is 0 Å². The molecule has 3 aromatic rings. The molecule has 2 heterocycles. The second-order valence-electron chi connectivity index (χ2n) is 7.11. The summed E-state index contributed by atoms with van der Waals surface area (Å²) in [5.74, 6) is 0.936. The molecule has 0 saturated carbocycles. The highest BCUT2D eigenvalue weighted by molar-refractivity contribution is 7.10. The van der Waals surface area contributed by atoms with Gasteiger partial charge in [0.2, 0.25) is 0 Å². The highest BCUT2D eigenvalue weighted by Gasteiger charge is 2.07. The maximum absolute atomic E-state index is 8.85. The zero-order valence-electron chi connectivity index (χ0n) is 16.9. The average Bonchev–Trinajstić information content (AvgIpc) is 3.23. The molecule has 0 fully saturated rings. The van der Waals surface area contributed by atoms with Crippen LogP contribution in [0.4, 0.5) is 0 Å². The number of hydrogen-bond donors (Lipinski definition) is 0. The summed E-state index contributed by atoms with van der Waals surface area (Å²) < 4.78 is 5.86. The van der Waals surface area contributed by atoms with Crippen LogP contribution in [0.5, 0.6) is 5.75 Å². The van der Waals surface area contributed by atoms with E-state index in [4.69, 9.17) is 15.0 Å². The van der Waals surface area contributed by atoms with Crippen molar-refractivity contribution in [2.45, 2.75) is 51.9 Å². The Kier molecular flexibility index (Phi) is 8.21. The Balaban J connectivity index is 1.46. The summed E-state index contributed by atoms with van der Waals surface area (Å²) >= 11 is 1.64. The van der Waals surface area contributed by atoms with Gasteiger partial charge < -0.3 is 4.74 Å². The van der Waals surface area contributed by atoms with Gasteiger partial charge in [0.15, 0.2) is 0 Å². The van der Waals surface area contributed by atoms with Crippen molar-refractivity contribution < 1.29 is 4.74 Å². The van der Waals surface area contributed by atoms with E-state index in [1.807, 2.05) is 29.6 Å². The van der Waals surface area contributed by atoms with Crippen LogP contribution in [0.3, 0.4) is 0 Å². The number of unbranched alkanes of at least 4 members (excludes halogenated alkanes) is 5. The first-order chi connectivity index (χ1) is 14.3. The van der Waals surface area contributed by atoms with Gasteiger partial charge in [-0.15, -0.1) is 11.3 Å². The average molecular weight is 406 g/mol. The number of nitrogens with zero attached hydrogens (tertiary/aromatic N) is 3. The van der Waals surface area contributed by atoms with Crippen LogP contribution >= 0.6 is 11.3 Å². The Morgan fingerprint density at radius 3 is 2.52 bits per heavy atom. The smallest absolute Gasteiger partial charge is 0.140 e. The highest BCUT2D eigenvalue weighted by atomic mass is 32.1. The number of hydrogen-bond acceptors (Lipinski definition) is 5. The summed E-state index contributed by atoms with van der Waals surface area (Å²) in [5, 5.41) is 12.0. The summed E-state index contributed by atoms with van der Waals surface area (Å²) in [6.07, 6.45) is 10.1. The van der Waals surface area contributed by atoms with E-state index in [1.54, 1.807) is 23.6 Å². The number of nitriles is 1. The Morgan fingerprint density at radius 2 is 1.79 bits per heavy atom. The maximum Gasteiger partial charge on any atom is 0.140 e. The van der Waals surface area contributed by atoms with Gasteiger partial charge in [0.05, 0.1) is 17.3 Å². The van der Waals surface area contributed by atoms with Crippen LogP contribution in [0.15, 0.2) is 48.0 Å². The van der Waals surface area contributed by atoms with Gasteiger partial charge in [0.1, 0.15) is 17.5 Å². The first-order valence-electron chi connectivity index (χ1n) is 10.3. The number of thiazole rings is 1. The van der Waals surface area contributed by atoms with Gasteiger partial charge in [-0.2, -0.15) is 5.26 Å². The van der Waals surface area contributed by atoms with E-state index < -0.39 is 0 Å². The second kappa shape index (κ2) is 11.3. The largest absolute Gasteiger partial charge is 0.494 e. The summed E-state index contributed by atoms with van der Waals surface area (Å²) in [4.78, 5) is 8.82. The number of pyridine rings is 1. The monoisotopic (exact) mass is 405 g/mol. The van der Waals surface area contributed by atoms with E-state index >= 15 is 0 Å². The molecule has 3 rings (SSSR count). The van der Waals surface area contributed by atoms with Crippen molar-refractivity contribution in [2.75, 3.05) is 6.61 Å². The van der Waals surface area contributed by atoms with Crippen molar-refractivity contribution >= 4 is 11.3 Å². The Labute approximate surface area is 177 Å². The molecule has 29 heavy (non-hydrogen) atoms. The SMILES string of the molecule is CCCCCCCCOc1ccc(Cc2nc(-c3ccc(C#N)nc3)cs2)cc1. The first kappa shape index (κ1) is 21.0. The van der Waals surface area contributed by atoms with Crippen molar-refractivity contribution in [1.82, 2.24) is 9.97 Å². The third-order valence-electron chi connectivity index (χ3n) is 4.77. The lowest BCUT2D eigenvalue weighted by Crippen LogP contribution is -1.97. The van der Waals surface area contributed by atoms with Gasteiger partial charge >= 0.3 is 0 Å². The molecule has 0 saturated heterocycles. The fraction of sp³-hybridized carbons (Fsp3) is 0.375. The van der Waals surface area contributed by atoms with Crippen LogP contribution in [-0.4, -0.2) is 16.6 Å². The zero-order valence-corrected chi connectivity index (χ0v) is 17.8. The van der Waals surface area contributed by atoms with E-state index in [9.17, 15) is 0 Å². The fourth-order valence-electron chi connectivity index (χ4n) is 3.09. The highest BCUT2D eigenvalue weighted by Crippen LogP contribution is 2.24. The van der Waals surface area contributed by atoms with Gasteiger partial charge in [-0.05, 0) is 36.2 Å². The molecule has 0 unspecified atom stereocenters. The van der Waals surface area contributed by atoms with Crippen LogP contribution in [0.2, 0.25) is 0 Å². The van der Waals surface area contributed by atoms with Crippen LogP contribution in [-0.2, 0) is 6.42 Å². The molecule has 0 radical (unpaired) electrons. The van der Waals surface area contributed by atoms with Crippen LogP contribution in [0.25, 0.3) is 11.3 Å². The third-order valence-corrected chi connectivity index (χ3v) is 5.62. The third kappa shape index (κ3) is 6.69. The quantitative estimate of drug-likeness (QED) is 0.346. The summed E-state index contributed by atoms with van der Waals surface area (Å²) in [6.45, 7) is 3.03. The molecule has 2 aromatic heterocycles. The molecule has 0 aliphatic carbocycles. The van der Waals surface area contributed by atoms with Crippen LogP contribution < -0.4 is 4.74 Å². The minimum Gasteiger partial charge on any atom is -0.494 e. The molecule has 5 heteroatoms.